The van der Waals surface area contributed by atoms with Gasteiger partial charge in [-0.25, -0.2) is 0 Å². The van der Waals surface area contributed by atoms with Crippen LogP contribution in [0, 0.1) is 0 Å². The molecule has 0 bridgehead atoms. The molecule has 0 N–H and O–H groups in total. The summed E-state index contributed by atoms with van der Waals surface area (Å²) in [5.74, 6) is 0. The molecule has 0 atom stereocenters. The molecule has 53 heavy (non-hydrogen) atoms. The first-order valence-electron chi connectivity index (χ1n) is 18.1. The summed E-state index contributed by atoms with van der Waals surface area (Å²) < 4.78 is 9.36. The fraction of sp³-hybridized carbons (Fsp3) is 0. The van der Waals surface area contributed by atoms with Gasteiger partial charge in [0.05, 0.1) is 11.0 Å². The van der Waals surface area contributed by atoms with Crippen molar-refractivity contribution < 1.29 is 4.42 Å². The van der Waals surface area contributed by atoms with Gasteiger partial charge in [0.2, 0.25) is 0 Å². The van der Waals surface area contributed by atoms with Crippen molar-refractivity contribution in [1.82, 2.24) is 4.57 Å². The molecule has 0 saturated heterocycles. The summed E-state index contributed by atoms with van der Waals surface area (Å²) >= 11 is 0. The molecule has 0 aliphatic carbocycles. The quantitative estimate of drug-likeness (QED) is 0.181. The Labute approximate surface area is 306 Å². The van der Waals surface area contributed by atoms with Crippen molar-refractivity contribution in [3.05, 3.63) is 194 Å². The number of hydrogen-bond acceptors (Lipinski definition) is 2. The lowest BCUT2D eigenvalue weighted by Gasteiger charge is -2.26. The van der Waals surface area contributed by atoms with Gasteiger partial charge in [-0.3, -0.25) is 0 Å². The summed E-state index contributed by atoms with van der Waals surface area (Å²) in [4.78, 5) is 2.38. The third-order valence-electron chi connectivity index (χ3n) is 10.7. The largest absolute Gasteiger partial charge is 0.455 e. The topological polar surface area (TPSA) is 21.3 Å². The predicted octanol–water partition coefficient (Wildman–Crippen LogP) is 14.1. The Hall–Kier alpha value is -7.10. The minimum atomic E-state index is 0.882. The second-order valence-corrected chi connectivity index (χ2v) is 13.7. The van der Waals surface area contributed by atoms with E-state index in [0.29, 0.717) is 0 Å². The van der Waals surface area contributed by atoms with Crippen LogP contribution in [0.5, 0.6) is 0 Å². The van der Waals surface area contributed by atoms with Gasteiger partial charge in [0.1, 0.15) is 11.2 Å². The molecule has 2 aromatic heterocycles. The molecule has 9 aromatic carbocycles. The summed E-state index contributed by atoms with van der Waals surface area (Å²) in [6.45, 7) is 0. The molecular weight excluding hydrogens is 645 g/mol. The molecule has 0 radical (unpaired) electrons. The molecule has 0 aliphatic rings. The van der Waals surface area contributed by atoms with E-state index in [-0.39, 0.29) is 0 Å². The minimum Gasteiger partial charge on any atom is -0.455 e. The smallest absolute Gasteiger partial charge is 0.143 e. The highest BCUT2D eigenvalue weighted by Crippen LogP contribution is 2.47. The van der Waals surface area contributed by atoms with E-state index in [2.05, 4.69) is 204 Å². The maximum absolute atomic E-state index is 6.98. The van der Waals surface area contributed by atoms with Gasteiger partial charge in [-0.15, -0.1) is 0 Å². The molecule has 0 aliphatic heterocycles. The molecule has 0 unspecified atom stereocenters. The standard InChI is InChI=1S/C50H32N2O/c1-3-17-36(18-4-1)51(38-28-26-33-14-7-8-16-35(33)30-38)39-31-43(50-44(32-39)49-40-21-10-9-15-34(40)27-29-47(49)53-50)41-23-13-25-46-48(41)42-22-11-12-24-45(42)52(46)37-19-5-2-6-20-37/h1-32H. The predicted molar refractivity (Wildman–Crippen MR) is 223 cm³/mol. The van der Waals surface area contributed by atoms with E-state index in [4.69, 9.17) is 4.42 Å². The van der Waals surface area contributed by atoms with Crippen molar-refractivity contribution >= 4 is 82.4 Å². The highest BCUT2D eigenvalue weighted by molar-refractivity contribution is 6.24. The van der Waals surface area contributed by atoms with Gasteiger partial charge in [-0.05, 0) is 93.8 Å². The van der Waals surface area contributed by atoms with Crippen molar-refractivity contribution in [2.24, 2.45) is 0 Å². The van der Waals surface area contributed by atoms with Crippen LogP contribution in [0.1, 0.15) is 0 Å². The van der Waals surface area contributed by atoms with Crippen LogP contribution in [-0.4, -0.2) is 4.57 Å². The van der Waals surface area contributed by atoms with Gasteiger partial charge in [-0.1, -0.05) is 127 Å². The van der Waals surface area contributed by atoms with E-state index < -0.39 is 0 Å². The average molecular weight is 677 g/mol. The van der Waals surface area contributed by atoms with Crippen molar-refractivity contribution in [2.75, 3.05) is 4.90 Å². The van der Waals surface area contributed by atoms with E-state index in [1.54, 1.807) is 0 Å². The molecule has 2 heterocycles. The van der Waals surface area contributed by atoms with Crippen molar-refractivity contribution in [3.8, 4) is 16.8 Å². The maximum atomic E-state index is 6.98. The van der Waals surface area contributed by atoms with Crippen LogP contribution < -0.4 is 4.90 Å². The van der Waals surface area contributed by atoms with Crippen molar-refractivity contribution in [2.45, 2.75) is 0 Å². The third kappa shape index (κ3) is 4.61. The molecule has 0 fully saturated rings. The molecular formula is C50H32N2O. The van der Waals surface area contributed by atoms with E-state index in [9.17, 15) is 0 Å². The second-order valence-electron chi connectivity index (χ2n) is 13.7. The molecule has 11 rings (SSSR count). The van der Waals surface area contributed by atoms with Crippen LogP contribution in [0.25, 0.3) is 82.1 Å². The number of hydrogen-bond donors (Lipinski definition) is 0. The number of nitrogens with zero attached hydrogens (tertiary/aromatic N) is 2. The first kappa shape index (κ1) is 29.6. The van der Waals surface area contributed by atoms with Gasteiger partial charge in [-0.2, -0.15) is 0 Å². The van der Waals surface area contributed by atoms with Crippen molar-refractivity contribution in [3.63, 3.8) is 0 Å². The van der Waals surface area contributed by atoms with Gasteiger partial charge in [0.25, 0.3) is 0 Å². The highest BCUT2D eigenvalue weighted by Gasteiger charge is 2.23. The number of anilines is 3. The first-order chi connectivity index (χ1) is 26.3. The van der Waals surface area contributed by atoms with Gasteiger partial charge in [0.15, 0.2) is 0 Å². The number of para-hydroxylation sites is 3. The van der Waals surface area contributed by atoms with Crippen LogP contribution in [0.15, 0.2) is 199 Å². The van der Waals surface area contributed by atoms with Crippen LogP contribution >= 0.6 is 0 Å². The zero-order chi connectivity index (χ0) is 34.9. The van der Waals surface area contributed by atoms with E-state index in [0.717, 1.165) is 61.3 Å². The summed E-state index contributed by atoms with van der Waals surface area (Å²) in [7, 11) is 0. The average Bonchev–Trinajstić information content (AvgIpc) is 3.78. The molecule has 0 spiro atoms. The summed E-state index contributed by atoms with van der Waals surface area (Å²) in [6.07, 6.45) is 0. The van der Waals surface area contributed by atoms with Crippen molar-refractivity contribution in [1.29, 1.82) is 0 Å². The molecule has 3 heteroatoms. The first-order valence-corrected chi connectivity index (χ1v) is 18.1. The maximum Gasteiger partial charge on any atom is 0.143 e. The Kier molecular flexibility index (Phi) is 6.55. The minimum absolute atomic E-state index is 0.882. The Balaban J connectivity index is 1.28. The third-order valence-corrected chi connectivity index (χ3v) is 10.7. The molecule has 248 valence electrons. The second kappa shape index (κ2) is 11.7. The summed E-state index contributed by atoms with van der Waals surface area (Å²) in [5, 5.41) is 9.42. The van der Waals surface area contributed by atoms with Crippen LogP contribution in [-0.2, 0) is 0 Å². The number of fused-ring (bicyclic) bond motifs is 9. The van der Waals surface area contributed by atoms with E-state index >= 15 is 0 Å². The lowest BCUT2D eigenvalue weighted by atomic mass is 9.95. The normalized spacial score (nSPS) is 11.8. The van der Waals surface area contributed by atoms with E-state index in [1.807, 2.05) is 0 Å². The zero-order valence-electron chi connectivity index (χ0n) is 28.8. The Morgan fingerprint density at radius 3 is 1.91 bits per heavy atom. The Morgan fingerprint density at radius 2 is 1.06 bits per heavy atom. The fourth-order valence-corrected chi connectivity index (χ4v) is 8.40. The van der Waals surface area contributed by atoms with Crippen LogP contribution in [0.3, 0.4) is 0 Å². The van der Waals surface area contributed by atoms with E-state index in [1.165, 1.54) is 37.8 Å². The number of aromatic nitrogens is 1. The zero-order valence-corrected chi connectivity index (χ0v) is 28.8. The molecule has 11 aromatic rings. The summed E-state index contributed by atoms with van der Waals surface area (Å²) in [5.41, 5.74) is 10.7. The highest BCUT2D eigenvalue weighted by atomic mass is 16.3. The molecule has 0 amide bonds. The Morgan fingerprint density at radius 1 is 0.377 bits per heavy atom. The Bertz CT molecular complexity index is 3170. The van der Waals surface area contributed by atoms with Crippen LogP contribution in [0.2, 0.25) is 0 Å². The fourth-order valence-electron chi connectivity index (χ4n) is 8.40. The lowest BCUT2D eigenvalue weighted by molar-refractivity contribution is 0.670. The summed E-state index contributed by atoms with van der Waals surface area (Å²) in [6, 6.07) is 69.7. The number of benzene rings is 9. The lowest BCUT2D eigenvalue weighted by Crippen LogP contribution is -2.10. The number of furan rings is 1. The molecule has 0 saturated carbocycles. The number of rotatable bonds is 5. The van der Waals surface area contributed by atoms with Gasteiger partial charge < -0.3 is 13.9 Å². The molecule has 3 nitrogen and oxygen atoms in total. The van der Waals surface area contributed by atoms with Crippen LogP contribution in [0.4, 0.5) is 17.1 Å². The van der Waals surface area contributed by atoms with Gasteiger partial charge in [0, 0.05) is 49.9 Å². The monoisotopic (exact) mass is 676 g/mol. The SMILES string of the molecule is c1ccc(N(c2ccc3ccccc3c2)c2cc(-c3cccc4c3c3ccccc3n4-c3ccccc3)c3oc4ccc5ccccc5c4c3c2)cc1. The van der Waals surface area contributed by atoms with Gasteiger partial charge >= 0.3 is 0 Å².